The Bertz CT molecular complexity index is 1470. The number of carboxylic acids is 1. The summed E-state index contributed by atoms with van der Waals surface area (Å²) in [6.45, 7) is 4.25. The van der Waals surface area contributed by atoms with Crippen molar-refractivity contribution in [1.82, 2.24) is 0 Å². The first-order chi connectivity index (χ1) is 16.9. The van der Waals surface area contributed by atoms with Crippen molar-refractivity contribution in [3.8, 4) is 22.8 Å². The molecule has 0 amide bonds. The average molecular weight is 469 g/mol. The van der Waals surface area contributed by atoms with Crippen LogP contribution in [0.1, 0.15) is 46.8 Å². The average Bonchev–Trinajstić information content (AvgIpc) is 3.36. The first-order valence-corrected chi connectivity index (χ1v) is 11.3. The van der Waals surface area contributed by atoms with E-state index in [0.717, 1.165) is 5.56 Å². The maximum atomic E-state index is 13.1. The molecule has 176 valence electrons. The lowest BCUT2D eigenvalue weighted by molar-refractivity contribution is -0.136. The molecule has 0 aliphatic carbocycles. The lowest BCUT2D eigenvalue weighted by Crippen LogP contribution is -2.01. The first-order valence-electron chi connectivity index (χ1n) is 11.3. The summed E-state index contributed by atoms with van der Waals surface area (Å²) < 4.78 is 17.4. The standard InChI is InChI=1S/C29H24O6/c1-16(2)18-6-4-17(5-7-18)14-24-27(32)21-12-13-23-26(29(21)35-24)22(15-25(30)31)28(34-23)19-8-10-20(33-3)11-9-19/h4-14,16H,15H2,1-3H3,(H,30,31). The van der Waals surface area contributed by atoms with Gasteiger partial charge in [0.25, 0.3) is 0 Å². The molecule has 1 aliphatic rings. The highest BCUT2D eigenvalue weighted by Crippen LogP contribution is 2.45. The number of ketones is 1. The second kappa shape index (κ2) is 8.80. The number of benzene rings is 3. The maximum absolute atomic E-state index is 13.1. The Morgan fingerprint density at radius 1 is 1.03 bits per heavy atom. The van der Waals surface area contributed by atoms with Gasteiger partial charge in [-0.05, 0) is 59.5 Å². The van der Waals surface area contributed by atoms with Gasteiger partial charge in [0.15, 0.2) is 5.76 Å². The van der Waals surface area contributed by atoms with Crippen LogP contribution in [0, 0.1) is 0 Å². The van der Waals surface area contributed by atoms with Gasteiger partial charge in [-0.25, -0.2) is 0 Å². The van der Waals surface area contributed by atoms with Gasteiger partial charge in [-0.3, -0.25) is 9.59 Å². The smallest absolute Gasteiger partial charge is 0.307 e. The fourth-order valence-electron chi connectivity index (χ4n) is 4.31. The minimum Gasteiger partial charge on any atom is -0.497 e. The fourth-order valence-corrected chi connectivity index (χ4v) is 4.31. The van der Waals surface area contributed by atoms with Crippen LogP contribution in [0.25, 0.3) is 28.4 Å². The number of hydrogen-bond donors (Lipinski definition) is 1. The molecular weight excluding hydrogens is 444 g/mol. The number of hydrogen-bond acceptors (Lipinski definition) is 5. The predicted molar refractivity (Wildman–Crippen MR) is 133 cm³/mol. The van der Waals surface area contributed by atoms with Gasteiger partial charge in [0.05, 0.1) is 24.5 Å². The number of aliphatic carboxylic acids is 1. The van der Waals surface area contributed by atoms with Crippen LogP contribution in [0.5, 0.6) is 11.5 Å². The Kier molecular flexibility index (Phi) is 5.65. The SMILES string of the molecule is COc1ccc(-c2oc3ccc4c(c3c2CC(=O)O)OC(=Cc2ccc(C(C)C)cc2)C4=O)cc1. The normalized spacial score (nSPS) is 13.9. The van der Waals surface area contributed by atoms with Gasteiger partial charge in [0.2, 0.25) is 5.78 Å². The summed E-state index contributed by atoms with van der Waals surface area (Å²) in [5.74, 6) is 0.781. The van der Waals surface area contributed by atoms with E-state index in [9.17, 15) is 14.7 Å². The molecular formula is C29H24O6. The molecule has 1 N–H and O–H groups in total. The van der Waals surface area contributed by atoms with Crippen molar-refractivity contribution in [2.75, 3.05) is 7.11 Å². The number of carbonyl (C=O) groups excluding carboxylic acids is 1. The summed E-state index contributed by atoms with van der Waals surface area (Å²) in [5.41, 5.74) is 4.07. The van der Waals surface area contributed by atoms with E-state index in [1.807, 2.05) is 24.3 Å². The second-order valence-electron chi connectivity index (χ2n) is 8.79. The molecule has 35 heavy (non-hydrogen) atoms. The zero-order valence-electron chi connectivity index (χ0n) is 19.6. The van der Waals surface area contributed by atoms with Gasteiger partial charge >= 0.3 is 5.97 Å². The molecule has 1 aromatic heterocycles. The summed E-state index contributed by atoms with van der Waals surface area (Å²) in [5, 5.41) is 10.1. The molecule has 3 aromatic carbocycles. The highest BCUT2D eigenvalue weighted by atomic mass is 16.5. The molecule has 0 saturated heterocycles. The molecule has 2 heterocycles. The van der Waals surface area contributed by atoms with Crippen LogP contribution >= 0.6 is 0 Å². The largest absolute Gasteiger partial charge is 0.497 e. The van der Waals surface area contributed by atoms with Crippen molar-refractivity contribution in [2.24, 2.45) is 0 Å². The van der Waals surface area contributed by atoms with Crippen molar-refractivity contribution in [3.63, 3.8) is 0 Å². The van der Waals surface area contributed by atoms with E-state index in [-0.39, 0.29) is 18.0 Å². The second-order valence-corrected chi connectivity index (χ2v) is 8.79. The number of fused-ring (bicyclic) bond motifs is 3. The molecule has 0 unspecified atom stereocenters. The number of carboxylic acid groups (broad SMARTS) is 1. The molecule has 6 nitrogen and oxygen atoms in total. The predicted octanol–water partition coefficient (Wildman–Crippen LogP) is 6.48. The highest BCUT2D eigenvalue weighted by Gasteiger charge is 2.33. The number of furan rings is 1. The lowest BCUT2D eigenvalue weighted by atomic mass is 9.99. The Morgan fingerprint density at radius 3 is 2.37 bits per heavy atom. The van der Waals surface area contributed by atoms with E-state index >= 15 is 0 Å². The molecule has 0 bridgehead atoms. The van der Waals surface area contributed by atoms with Crippen LogP contribution in [-0.2, 0) is 11.2 Å². The quantitative estimate of drug-likeness (QED) is 0.326. The van der Waals surface area contributed by atoms with Crippen LogP contribution in [0.4, 0.5) is 0 Å². The van der Waals surface area contributed by atoms with Gasteiger partial charge in [-0.1, -0.05) is 38.1 Å². The van der Waals surface area contributed by atoms with E-state index < -0.39 is 5.97 Å². The highest BCUT2D eigenvalue weighted by molar-refractivity contribution is 6.18. The molecule has 0 radical (unpaired) electrons. The molecule has 6 heteroatoms. The molecule has 4 aromatic rings. The Hall–Kier alpha value is -4.32. The number of rotatable bonds is 6. The van der Waals surface area contributed by atoms with Crippen molar-refractivity contribution in [2.45, 2.75) is 26.2 Å². The zero-order valence-corrected chi connectivity index (χ0v) is 19.6. The third kappa shape index (κ3) is 4.08. The number of methoxy groups -OCH3 is 1. The molecule has 1 aliphatic heterocycles. The summed E-state index contributed by atoms with van der Waals surface area (Å²) in [6, 6.07) is 18.5. The zero-order chi connectivity index (χ0) is 24.7. The lowest BCUT2D eigenvalue weighted by Gasteiger charge is -2.06. The number of carbonyl (C=O) groups is 2. The number of ether oxygens (including phenoxy) is 2. The van der Waals surface area contributed by atoms with Gasteiger partial charge in [0, 0.05) is 11.1 Å². The van der Waals surface area contributed by atoms with Gasteiger partial charge in [-0.2, -0.15) is 0 Å². The topological polar surface area (TPSA) is 86.0 Å². The van der Waals surface area contributed by atoms with Crippen molar-refractivity contribution < 1.29 is 28.6 Å². The van der Waals surface area contributed by atoms with Gasteiger partial charge in [0.1, 0.15) is 22.8 Å². The minimum absolute atomic E-state index is 0.193. The molecule has 0 fully saturated rings. The Balaban J connectivity index is 1.61. The number of Topliss-reactive ketones (excluding diaryl/α,β-unsaturated/α-hetero) is 1. The van der Waals surface area contributed by atoms with E-state index in [4.69, 9.17) is 13.9 Å². The summed E-state index contributed by atoms with van der Waals surface area (Å²) in [6.07, 6.45) is 1.43. The van der Waals surface area contributed by atoms with Gasteiger partial charge < -0.3 is 19.0 Å². The van der Waals surface area contributed by atoms with E-state index in [2.05, 4.69) is 13.8 Å². The van der Waals surface area contributed by atoms with Crippen LogP contribution in [0.2, 0.25) is 0 Å². The van der Waals surface area contributed by atoms with Crippen LogP contribution in [0.3, 0.4) is 0 Å². The van der Waals surface area contributed by atoms with Crippen LogP contribution in [0.15, 0.2) is 70.8 Å². The minimum atomic E-state index is -1.01. The van der Waals surface area contributed by atoms with Crippen LogP contribution < -0.4 is 9.47 Å². The van der Waals surface area contributed by atoms with Crippen molar-refractivity contribution in [3.05, 3.63) is 88.7 Å². The first kappa shape index (κ1) is 22.5. The van der Waals surface area contributed by atoms with E-state index in [1.165, 1.54) is 5.56 Å². The summed E-state index contributed by atoms with van der Waals surface area (Å²) in [7, 11) is 1.58. The maximum Gasteiger partial charge on any atom is 0.307 e. The van der Waals surface area contributed by atoms with E-state index in [1.54, 1.807) is 49.6 Å². The fraction of sp³-hybridized carbons (Fsp3) is 0.172. The van der Waals surface area contributed by atoms with Crippen molar-refractivity contribution in [1.29, 1.82) is 0 Å². The molecule has 0 spiro atoms. The molecule has 5 rings (SSSR count). The third-order valence-corrected chi connectivity index (χ3v) is 6.17. The number of allylic oxidation sites excluding steroid dienone is 1. The summed E-state index contributed by atoms with van der Waals surface area (Å²) in [4.78, 5) is 24.9. The molecule has 0 saturated carbocycles. The Labute approximate surface area is 202 Å². The Morgan fingerprint density at radius 2 is 1.74 bits per heavy atom. The van der Waals surface area contributed by atoms with Crippen LogP contribution in [-0.4, -0.2) is 24.0 Å². The third-order valence-electron chi connectivity index (χ3n) is 6.17. The van der Waals surface area contributed by atoms with E-state index in [0.29, 0.717) is 50.8 Å². The summed E-state index contributed by atoms with van der Waals surface area (Å²) >= 11 is 0. The molecule has 0 atom stereocenters. The van der Waals surface area contributed by atoms with Gasteiger partial charge in [-0.15, -0.1) is 0 Å². The monoisotopic (exact) mass is 468 g/mol. The van der Waals surface area contributed by atoms with Crippen molar-refractivity contribution >= 4 is 28.8 Å².